The number of pyridine rings is 1. The third kappa shape index (κ3) is 3.21. The maximum atomic E-state index is 11.5. The predicted molar refractivity (Wildman–Crippen MR) is 54.5 cm³/mol. The SMILES string of the molecule is CCONC(=O)c1cccnc1OCC. The molecule has 1 amide bonds. The topological polar surface area (TPSA) is 60.5 Å². The van der Waals surface area contributed by atoms with Crippen molar-refractivity contribution in [3.05, 3.63) is 23.9 Å². The Bertz CT molecular complexity index is 328. The van der Waals surface area contributed by atoms with Gasteiger partial charge in [0, 0.05) is 6.20 Å². The fraction of sp³-hybridized carbons (Fsp3) is 0.400. The van der Waals surface area contributed by atoms with Crippen molar-refractivity contribution in [1.29, 1.82) is 0 Å². The van der Waals surface area contributed by atoms with Crippen molar-refractivity contribution < 1.29 is 14.4 Å². The largest absolute Gasteiger partial charge is 0.477 e. The molecule has 1 aromatic heterocycles. The maximum Gasteiger partial charge on any atom is 0.280 e. The lowest BCUT2D eigenvalue weighted by Crippen LogP contribution is -2.24. The number of aromatic nitrogens is 1. The summed E-state index contributed by atoms with van der Waals surface area (Å²) in [5, 5.41) is 0. The highest BCUT2D eigenvalue weighted by atomic mass is 16.6. The van der Waals surface area contributed by atoms with E-state index in [4.69, 9.17) is 9.57 Å². The minimum atomic E-state index is -0.353. The van der Waals surface area contributed by atoms with E-state index in [0.29, 0.717) is 24.7 Å². The van der Waals surface area contributed by atoms with E-state index in [-0.39, 0.29) is 5.91 Å². The van der Waals surface area contributed by atoms with Gasteiger partial charge in [0.25, 0.3) is 5.91 Å². The van der Waals surface area contributed by atoms with Crippen LogP contribution in [0.5, 0.6) is 5.88 Å². The van der Waals surface area contributed by atoms with Gasteiger partial charge in [0.2, 0.25) is 5.88 Å². The monoisotopic (exact) mass is 210 g/mol. The number of carbonyl (C=O) groups excluding carboxylic acids is 1. The Kier molecular flexibility index (Phi) is 4.56. The van der Waals surface area contributed by atoms with Gasteiger partial charge in [0.05, 0.1) is 13.2 Å². The Balaban J connectivity index is 2.77. The van der Waals surface area contributed by atoms with E-state index in [0.717, 1.165) is 0 Å². The lowest BCUT2D eigenvalue weighted by atomic mass is 10.2. The Morgan fingerprint density at radius 2 is 2.27 bits per heavy atom. The summed E-state index contributed by atoms with van der Waals surface area (Å²) in [7, 11) is 0. The Morgan fingerprint density at radius 1 is 1.47 bits per heavy atom. The molecule has 0 aliphatic rings. The van der Waals surface area contributed by atoms with E-state index in [1.54, 1.807) is 25.3 Å². The van der Waals surface area contributed by atoms with Gasteiger partial charge < -0.3 is 4.74 Å². The van der Waals surface area contributed by atoms with E-state index in [9.17, 15) is 4.79 Å². The van der Waals surface area contributed by atoms with Crippen molar-refractivity contribution in [2.45, 2.75) is 13.8 Å². The van der Waals surface area contributed by atoms with Crippen LogP contribution in [0, 0.1) is 0 Å². The average Bonchev–Trinajstić information content (AvgIpc) is 2.27. The van der Waals surface area contributed by atoms with Gasteiger partial charge in [-0.1, -0.05) is 0 Å². The van der Waals surface area contributed by atoms with E-state index in [1.165, 1.54) is 0 Å². The van der Waals surface area contributed by atoms with Crippen LogP contribution in [0.4, 0.5) is 0 Å². The molecular formula is C10H14N2O3. The first kappa shape index (κ1) is 11.5. The molecule has 1 heterocycles. The average molecular weight is 210 g/mol. The molecular weight excluding hydrogens is 196 g/mol. The number of hydroxylamine groups is 1. The highest BCUT2D eigenvalue weighted by molar-refractivity contribution is 5.95. The summed E-state index contributed by atoms with van der Waals surface area (Å²) in [5.74, 6) is -0.0365. The summed E-state index contributed by atoms with van der Waals surface area (Å²) < 4.78 is 5.21. The van der Waals surface area contributed by atoms with Gasteiger partial charge in [-0.05, 0) is 26.0 Å². The zero-order valence-corrected chi connectivity index (χ0v) is 8.82. The molecule has 0 saturated carbocycles. The second-order valence-corrected chi connectivity index (χ2v) is 2.65. The fourth-order valence-corrected chi connectivity index (χ4v) is 1.01. The van der Waals surface area contributed by atoms with E-state index < -0.39 is 0 Å². The molecule has 0 saturated heterocycles. The van der Waals surface area contributed by atoms with Gasteiger partial charge in [0.15, 0.2) is 0 Å². The normalized spacial score (nSPS) is 9.73. The van der Waals surface area contributed by atoms with Gasteiger partial charge in [-0.25, -0.2) is 10.5 Å². The fourth-order valence-electron chi connectivity index (χ4n) is 1.01. The van der Waals surface area contributed by atoms with Crippen LogP contribution >= 0.6 is 0 Å². The number of amides is 1. The Hall–Kier alpha value is -1.62. The summed E-state index contributed by atoms with van der Waals surface area (Å²) in [6.45, 7) is 4.49. The van der Waals surface area contributed by atoms with Crippen LogP contribution in [-0.4, -0.2) is 24.1 Å². The molecule has 1 rings (SSSR count). The third-order valence-electron chi connectivity index (χ3n) is 1.61. The summed E-state index contributed by atoms with van der Waals surface area (Å²) in [5.41, 5.74) is 2.66. The summed E-state index contributed by atoms with van der Waals surface area (Å²) in [6, 6.07) is 3.30. The number of ether oxygens (including phenoxy) is 1. The first-order valence-corrected chi connectivity index (χ1v) is 4.79. The van der Waals surface area contributed by atoms with Crippen LogP contribution < -0.4 is 10.2 Å². The molecule has 1 N–H and O–H groups in total. The summed E-state index contributed by atoms with van der Waals surface area (Å²) >= 11 is 0. The van der Waals surface area contributed by atoms with Crippen molar-refractivity contribution in [3.63, 3.8) is 0 Å². The Morgan fingerprint density at radius 3 is 2.93 bits per heavy atom. The standard InChI is InChI=1S/C10H14N2O3/c1-3-14-10-8(6-5-7-11-10)9(13)12-15-4-2/h5-7H,3-4H2,1-2H3,(H,12,13). The molecule has 5 heteroatoms. The number of rotatable bonds is 5. The van der Waals surface area contributed by atoms with Crippen molar-refractivity contribution in [3.8, 4) is 5.88 Å². The van der Waals surface area contributed by atoms with Crippen LogP contribution in [0.1, 0.15) is 24.2 Å². The number of nitrogens with one attached hydrogen (secondary N) is 1. The van der Waals surface area contributed by atoms with Crippen molar-refractivity contribution >= 4 is 5.91 Å². The smallest absolute Gasteiger partial charge is 0.280 e. The number of carbonyl (C=O) groups is 1. The van der Waals surface area contributed by atoms with E-state index >= 15 is 0 Å². The Labute approximate surface area is 88.4 Å². The second-order valence-electron chi connectivity index (χ2n) is 2.65. The first-order valence-electron chi connectivity index (χ1n) is 4.79. The van der Waals surface area contributed by atoms with Gasteiger partial charge in [-0.3, -0.25) is 9.63 Å². The maximum absolute atomic E-state index is 11.5. The molecule has 1 aromatic rings. The van der Waals surface area contributed by atoms with Gasteiger partial charge in [-0.15, -0.1) is 0 Å². The molecule has 0 aliphatic heterocycles. The van der Waals surface area contributed by atoms with Crippen LogP contribution in [0.2, 0.25) is 0 Å². The van der Waals surface area contributed by atoms with Crippen molar-refractivity contribution in [2.24, 2.45) is 0 Å². The minimum Gasteiger partial charge on any atom is -0.477 e. The van der Waals surface area contributed by atoms with E-state index in [2.05, 4.69) is 10.5 Å². The third-order valence-corrected chi connectivity index (χ3v) is 1.61. The summed E-state index contributed by atoms with van der Waals surface area (Å²) in [6.07, 6.45) is 1.57. The lowest BCUT2D eigenvalue weighted by molar-refractivity contribution is 0.0361. The highest BCUT2D eigenvalue weighted by Crippen LogP contribution is 2.13. The molecule has 0 atom stereocenters. The van der Waals surface area contributed by atoms with Crippen molar-refractivity contribution in [1.82, 2.24) is 10.5 Å². The van der Waals surface area contributed by atoms with Crippen LogP contribution in [0.3, 0.4) is 0 Å². The molecule has 0 aromatic carbocycles. The molecule has 15 heavy (non-hydrogen) atoms. The molecule has 0 spiro atoms. The van der Waals surface area contributed by atoms with Crippen LogP contribution in [0.15, 0.2) is 18.3 Å². The number of hydrogen-bond donors (Lipinski definition) is 1. The zero-order chi connectivity index (χ0) is 11.1. The molecule has 0 bridgehead atoms. The van der Waals surface area contributed by atoms with Crippen LogP contribution in [-0.2, 0) is 4.84 Å². The predicted octanol–water partition coefficient (Wildman–Crippen LogP) is 1.16. The second kappa shape index (κ2) is 5.98. The van der Waals surface area contributed by atoms with E-state index in [1.807, 2.05) is 6.92 Å². The minimum absolute atomic E-state index is 0.317. The molecule has 0 unspecified atom stereocenters. The van der Waals surface area contributed by atoms with Gasteiger partial charge >= 0.3 is 0 Å². The summed E-state index contributed by atoms with van der Waals surface area (Å²) in [4.78, 5) is 20.3. The van der Waals surface area contributed by atoms with Gasteiger partial charge in [-0.2, -0.15) is 0 Å². The molecule has 82 valence electrons. The van der Waals surface area contributed by atoms with Gasteiger partial charge in [0.1, 0.15) is 5.56 Å². The van der Waals surface area contributed by atoms with Crippen LogP contribution in [0.25, 0.3) is 0 Å². The number of nitrogens with zero attached hydrogens (tertiary/aromatic N) is 1. The highest BCUT2D eigenvalue weighted by Gasteiger charge is 2.12. The number of hydrogen-bond acceptors (Lipinski definition) is 4. The molecule has 5 nitrogen and oxygen atoms in total. The quantitative estimate of drug-likeness (QED) is 0.741. The lowest BCUT2D eigenvalue weighted by Gasteiger charge is -2.08. The molecule has 0 aliphatic carbocycles. The van der Waals surface area contributed by atoms with Crippen molar-refractivity contribution in [2.75, 3.05) is 13.2 Å². The molecule has 0 fully saturated rings. The first-order chi connectivity index (χ1) is 7.29. The molecule has 0 radical (unpaired) electrons. The zero-order valence-electron chi connectivity index (χ0n) is 8.82.